The Balaban J connectivity index is 2.03. The molecule has 1 aromatic carbocycles. The summed E-state index contributed by atoms with van der Waals surface area (Å²) in [6, 6.07) is 5.21. The van der Waals surface area contributed by atoms with Gasteiger partial charge >= 0.3 is 5.97 Å². The van der Waals surface area contributed by atoms with Crippen molar-refractivity contribution in [3.8, 4) is 0 Å². The zero-order chi connectivity index (χ0) is 17.0. The first-order valence-electron chi connectivity index (χ1n) is 6.90. The van der Waals surface area contributed by atoms with E-state index in [1.54, 1.807) is 25.1 Å². The van der Waals surface area contributed by atoms with Crippen LogP contribution >= 0.6 is 23.2 Å². The standard InChI is InChI=1S/C16H15Cl2NO4/c1-9-8-23-13(7-14(20)21)15(9)16(22)19-6-5-10-11(17)3-2-4-12(10)18/h2-4,8H,5-7H2,1H3,(H,19,22)(H,20,21). The molecule has 0 aliphatic heterocycles. The molecule has 1 heterocycles. The molecule has 0 saturated heterocycles. The van der Waals surface area contributed by atoms with Crippen LogP contribution in [-0.2, 0) is 17.6 Å². The SMILES string of the molecule is Cc1coc(CC(=O)O)c1C(=O)NCCc1c(Cl)cccc1Cl. The third-order valence-electron chi connectivity index (χ3n) is 3.31. The van der Waals surface area contributed by atoms with Crippen molar-refractivity contribution in [3.63, 3.8) is 0 Å². The lowest BCUT2D eigenvalue weighted by atomic mass is 10.1. The molecule has 2 N–H and O–H groups in total. The maximum Gasteiger partial charge on any atom is 0.311 e. The van der Waals surface area contributed by atoms with Gasteiger partial charge in [-0.05, 0) is 31.0 Å². The quantitative estimate of drug-likeness (QED) is 0.830. The second-order valence-electron chi connectivity index (χ2n) is 4.99. The smallest absolute Gasteiger partial charge is 0.311 e. The molecular formula is C16H15Cl2NO4. The summed E-state index contributed by atoms with van der Waals surface area (Å²) in [4.78, 5) is 23.1. The molecule has 0 atom stereocenters. The Morgan fingerprint density at radius 3 is 2.52 bits per heavy atom. The maximum atomic E-state index is 12.3. The summed E-state index contributed by atoms with van der Waals surface area (Å²) in [5.74, 6) is -1.30. The highest BCUT2D eigenvalue weighted by atomic mass is 35.5. The van der Waals surface area contributed by atoms with Crippen molar-refractivity contribution < 1.29 is 19.1 Å². The van der Waals surface area contributed by atoms with Crippen molar-refractivity contribution in [3.05, 3.63) is 57.0 Å². The first kappa shape index (κ1) is 17.4. The van der Waals surface area contributed by atoms with Crippen LogP contribution in [0.4, 0.5) is 0 Å². The lowest BCUT2D eigenvalue weighted by molar-refractivity contribution is -0.136. The zero-order valence-electron chi connectivity index (χ0n) is 12.4. The molecule has 0 bridgehead atoms. The summed E-state index contributed by atoms with van der Waals surface area (Å²) in [5, 5.41) is 12.7. The second kappa shape index (κ2) is 7.53. The molecule has 7 heteroatoms. The molecule has 5 nitrogen and oxygen atoms in total. The molecule has 0 aliphatic carbocycles. The molecular weight excluding hydrogens is 341 g/mol. The van der Waals surface area contributed by atoms with Crippen molar-refractivity contribution in [1.82, 2.24) is 5.32 Å². The molecule has 0 radical (unpaired) electrons. The van der Waals surface area contributed by atoms with E-state index in [9.17, 15) is 9.59 Å². The fourth-order valence-electron chi connectivity index (χ4n) is 2.23. The van der Waals surface area contributed by atoms with Gasteiger partial charge in [-0.15, -0.1) is 0 Å². The van der Waals surface area contributed by atoms with Crippen molar-refractivity contribution in [2.75, 3.05) is 6.54 Å². The van der Waals surface area contributed by atoms with Crippen LogP contribution in [0.3, 0.4) is 0 Å². The van der Waals surface area contributed by atoms with E-state index in [0.29, 0.717) is 28.6 Å². The number of carbonyl (C=O) groups excluding carboxylic acids is 1. The van der Waals surface area contributed by atoms with Crippen LogP contribution in [0, 0.1) is 6.92 Å². The van der Waals surface area contributed by atoms with E-state index in [-0.39, 0.29) is 23.7 Å². The van der Waals surface area contributed by atoms with Crippen LogP contribution in [0.25, 0.3) is 0 Å². The van der Waals surface area contributed by atoms with Gasteiger partial charge in [0.05, 0.1) is 11.8 Å². The van der Waals surface area contributed by atoms with E-state index >= 15 is 0 Å². The first-order valence-corrected chi connectivity index (χ1v) is 7.65. The summed E-state index contributed by atoms with van der Waals surface area (Å²) in [6.45, 7) is 2.01. The van der Waals surface area contributed by atoms with Gasteiger partial charge in [-0.3, -0.25) is 9.59 Å². The van der Waals surface area contributed by atoms with Crippen LogP contribution in [0.5, 0.6) is 0 Å². The second-order valence-corrected chi connectivity index (χ2v) is 5.81. The zero-order valence-corrected chi connectivity index (χ0v) is 13.9. The third kappa shape index (κ3) is 4.27. The lowest BCUT2D eigenvalue weighted by Crippen LogP contribution is -2.27. The van der Waals surface area contributed by atoms with Gasteiger partial charge in [0.1, 0.15) is 12.2 Å². The predicted octanol–water partition coefficient (Wildman–Crippen LogP) is 3.49. The summed E-state index contributed by atoms with van der Waals surface area (Å²) < 4.78 is 5.15. The van der Waals surface area contributed by atoms with Crippen LogP contribution in [0.2, 0.25) is 10.0 Å². The number of aliphatic carboxylic acids is 1. The highest BCUT2D eigenvalue weighted by molar-refractivity contribution is 6.36. The number of nitrogens with one attached hydrogen (secondary N) is 1. The number of carboxylic acid groups (broad SMARTS) is 1. The number of furan rings is 1. The average Bonchev–Trinajstić information content (AvgIpc) is 2.82. The van der Waals surface area contributed by atoms with E-state index in [0.717, 1.165) is 5.56 Å². The number of amides is 1. The Labute approximate surface area is 143 Å². The Hall–Kier alpha value is -1.98. The van der Waals surface area contributed by atoms with E-state index < -0.39 is 5.97 Å². The molecule has 2 rings (SSSR count). The molecule has 23 heavy (non-hydrogen) atoms. The van der Waals surface area contributed by atoms with Gasteiger partial charge in [0, 0.05) is 22.2 Å². The van der Waals surface area contributed by atoms with Crippen molar-refractivity contribution in [2.45, 2.75) is 19.8 Å². The van der Waals surface area contributed by atoms with Gasteiger partial charge in [-0.25, -0.2) is 0 Å². The largest absolute Gasteiger partial charge is 0.481 e. The van der Waals surface area contributed by atoms with Crippen LogP contribution < -0.4 is 5.32 Å². The van der Waals surface area contributed by atoms with Gasteiger partial charge in [0.15, 0.2) is 0 Å². The number of aryl methyl sites for hydroxylation is 1. The molecule has 0 spiro atoms. The Morgan fingerprint density at radius 1 is 1.26 bits per heavy atom. The van der Waals surface area contributed by atoms with Gasteiger partial charge in [0.25, 0.3) is 5.91 Å². The molecule has 2 aromatic rings. The van der Waals surface area contributed by atoms with Crippen molar-refractivity contribution in [1.29, 1.82) is 0 Å². The van der Waals surface area contributed by atoms with Gasteiger partial charge < -0.3 is 14.8 Å². The Kier molecular flexibility index (Phi) is 5.69. The summed E-state index contributed by atoms with van der Waals surface area (Å²) in [6.07, 6.45) is 1.50. The minimum atomic E-state index is -1.06. The number of hydrogen-bond donors (Lipinski definition) is 2. The molecule has 0 aliphatic rings. The third-order valence-corrected chi connectivity index (χ3v) is 4.02. The van der Waals surface area contributed by atoms with E-state index in [2.05, 4.69) is 5.32 Å². The van der Waals surface area contributed by atoms with Gasteiger partial charge in [-0.1, -0.05) is 29.3 Å². The van der Waals surface area contributed by atoms with Gasteiger partial charge in [0.2, 0.25) is 0 Å². The monoisotopic (exact) mass is 355 g/mol. The minimum absolute atomic E-state index is 0.142. The lowest BCUT2D eigenvalue weighted by Gasteiger charge is -2.09. The number of benzene rings is 1. The van der Waals surface area contributed by atoms with Crippen LogP contribution in [-0.4, -0.2) is 23.5 Å². The molecule has 0 fully saturated rings. The van der Waals surface area contributed by atoms with Crippen molar-refractivity contribution >= 4 is 35.1 Å². The maximum absolute atomic E-state index is 12.3. The fourth-order valence-corrected chi connectivity index (χ4v) is 2.82. The summed E-state index contributed by atoms with van der Waals surface area (Å²) in [7, 11) is 0. The molecule has 1 amide bonds. The number of rotatable bonds is 6. The Morgan fingerprint density at radius 2 is 1.91 bits per heavy atom. The predicted molar refractivity (Wildman–Crippen MR) is 87.3 cm³/mol. The van der Waals surface area contributed by atoms with Crippen LogP contribution in [0.15, 0.2) is 28.9 Å². The average molecular weight is 356 g/mol. The highest BCUT2D eigenvalue weighted by Gasteiger charge is 2.20. The summed E-state index contributed by atoms with van der Waals surface area (Å²) in [5.41, 5.74) is 1.61. The number of halogens is 2. The molecule has 0 saturated carbocycles. The Bertz CT molecular complexity index is 719. The van der Waals surface area contributed by atoms with Crippen molar-refractivity contribution in [2.24, 2.45) is 0 Å². The molecule has 0 unspecified atom stereocenters. The molecule has 122 valence electrons. The van der Waals surface area contributed by atoms with E-state index in [1.807, 2.05) is 0 Å². The fraction of sp³-hybridized carbons (Fsp3) is 0.250. The number of hydrogen-bond acceptors (Lipinski definition) is 3. The topological polar surface area (TPSA) is 79.5 Å². The first-order chi connectivity index (χ1) is 10.9. The van der Waals surface area contributed by atoms with E-state index in [4.69, 9.17) is 32.7 Å². The van der Waals surface area contributed by atoms with Gasteiger partial charge in [-0.2, -0.15) is 0 Å². The minimum Gasteiger partial charge on any atom is -0.481 e. The molecule has 1 aromatic heterocycles. The summed E-state index contributed by atoms with van der Waals surface area (Å²) >= 11 is 12.1. The van der Waals surface area contributed by atoms with Crippen LogP contribution in [0.1, 0.15) is 27.2 Å². The van der Waals surface area contributed by atoms with E-state index in [1.165, 1.54) is 6.26 Å². The number of carboxylic acids is 1. The normalized spacial score (nSPS) is 10.6. The number of carbonyl (C=O) groups is 2. The highest BCUT2D eigenvalue weighted by Crippen LogP contribution is 2.24.